The summed E-state index contributed by atoms with van der Waals surface area (Å²) in [6.45, 7) is 10.2. The predicted molar refractivity (Wildman–Crippen MR) is 98.8 cm³/mol. The van der Waals surface area contributed by atoms with Crippen molar-refractivity contribution in [3.63, 3.8) is 0 Å². The lowest BCUT2D eigenvalue weighted by Gasteiger charge is -2.41. The van der Waals surface area contributed by atoms with Crippen LogP contribution in [0.2, 0.25) is 0 Å². The predicted octanol–water partition coefficient (Wildman–Crippen LogP) is 1.28. The largest absolute Gasteiger partial charge is 0.392 e. The second kappa shape index (κ2) is 7.64. The molecule has 6 nitrogen and oxygen atoms in total. The zero-order chi connectivity index (χ0) is 18.0. The Morgan fingerprint density at radius 1 is 1.36 bits per heavy atom. The minimum Gasteiger partial charge on any atom is -0.392 e. The molecular formula is C19H28N4O2. The highest BCUT2D eigenvalue weighted by atomic mass is 16.3. The van der Waals surface area contributed by atoms with Crippen LogP contribution in [-0.2, 0) is 6.54 Å². The maximum atomic E-state index is 12.4. The third kappa shape index (κ3) is 4.26. The molecule has 0 unspecified atom stereocenters. The minimum atomic E-state index is -0.300. The van der Waals surface area contributed by atoms with Crippen molar-refractivity contribution in [3.8, 4) is 0 Å². The molecule has 25 heavy (non-hydrogen) atoms. The van der Waals surface area contributed by atoms with Crippen LogP contribution in [0.4, 0.5) is 0 Å². The van der Waals surface area contributed by atoms with E-state index in [1.165, 1.54) is 0 Å². The smallest absolute Gasteiger partial charge is 0.258 e. The third-order valence-electron chi connectivity index (χ3n) is 4.90. The number of fused-ring (bicyclic) bond motifs is 1. The summed E-state index contributed by atoms with van der Waals surface area (Å²) in [5.41, 5.74) is 2.55. The fraction of sp³-hybridized carbons (Fsp3) is 0.579. The average Bonchev–Trinajstić information content (AvgIpc) is 2.56. The Balaban J connectivity index is 1.73. The highest BCUT2D eigenvalue weighted by Gasteiger charge is 2.26. The van der Waals surface area contributed by atoms with Gasteiger partial charge in [0.2, 0.25) is 0 Å². The van der Waals surface area contributed by atoms with Crippen molar-refractivity contribution in [3.05, 3.63) is 46.0 Å². The highest BCUT2D eigenvalue weighted by molar-refractivity contribution is 5.39. The lowest BCUT2D eigenvalue weighted by molar-refractivity contribution is 0.0333. The molecule has 1 fully saturated rings. The van der Waals surface area contributed by atoms with Gasteiger partial charge < -0.3 is 5.11 Å². The maximum Gasteiger partial charge on any atom is 0.258 e. The molecule has 2 atom stereocenters. The summed E-state index contributed by atoms with van der Waals surface area (Å²) in [6.07, 6.45) is 2.58. The molecule has 1 saturated heterocycles. The van der Waals surface area contributed by atoms with E-state index < -0.39 is 0 Å². The molecule has 6 heteroatoms. The molecule has 1 N–H and O–H groups in total. The van der Waals surface area contributed by atoms with Crippen LogP contribution in [0.3, 0.4) is 0 Å². The van der Waals surface area contributed by atoms with Crippen molar-refractivity contribution < 1.29 is 5.11 Å². The van der Waals surface area contributed by atoms with Gasteiger partial charge in [0, 0.05) is 51.0 Å². The van der Waals surface area contributed by atoms with Crippen LogP contribution < -0.4 is 5.56 Å². The number of aryl methyl sites for hydroxylation is 1. The highest BCUT2D eigenvalue weighted by Crippen LogP contribution is 2.15. The first-order chi connectivity index (χ1) is 12.0. The van der Waals surface area contributed by atoms with Crippen LogP contribution in [0.5, 0.6) is 0 Å². The number of piperazine rings is 1. The number of aliphatic hydroxyl groups excluding tert-OH is 1. The molecule has 0 amide bonds. The van der Waals surface area contributed by atoms with Gasteiger partial charge in [-0.25, -0.2) is 4.98 Å². The minimum absolute atomic E-state index is 0.0246. The van der Waals surface area contributed by atoms with E-state index in [-0.39, 0.29) is 11.7 Å². The Morgan fingerprint density at radius 3 is 2.88 bits per heavy atom. The lowest BCUT2D eigenvalue weighted by Crippen LogP contribution is -2.54. The molecule has 1 aliphatic rings. The van der Waals surface area contributed by atoms with Gasteiger partial charge in [-0.05, 0) is 31.9 Å². The third-order valence-corrected chi connectivity index (χ3v) is 4.90. The number of hydrogen-bond donors (Lipinski definition) is 1. The van der Waals surface area contributed by atoms with E-state index in [9.17, 15) is 9.90 Å². The summed E-state index contributed by atoms with van der Waals surface area (Å²) >= 11 is 0. The topological polar surface area (TPSA) is 61.1 Å². The maximum absolute atomic E-state index is 12.4. The first-order valence-electron chi connectivity index (χ1n) is 9.09. The SMILES string of the molecule is CC[C@H]1CN(Cc2cc(=O)n3cc(C)ccc3n2)CCN1C[C@H](C)O. The number of nitrogens with zero attached hydrogens (tertiary/aromatic N) is 4. The standard InChI is InChI=1S/C19H28N4O2/c1-4-17-13-21(7-8-22(17)11-15(3)24)12-16-9-19(25)23-10-14(2)5-6-18(23)20-16/h5-6,9-10,15,17,24H,4,7-8,11-13H2,1-3H3/t15-,17-/m0/s1. The number of aliphatic hydroxyl groups is 1. The molecule has 3 rings (SSSR count). The molecule has 3 heterocycles. The van der Waals surface area contributed by atoms with E-state index >= 15 is 0 Å². The molecule has 0 aliphatic carbocycles. The summed E-state index contributed by atoms with van der Waals surface area (Å²) in [4.78, 5) is 21.7. The van der Waals surface area contributed by atoms with Crippen LogP contribution in [0.15, 0.2) is 29.2 Å². The Morgan fingerprint density at radius 2 is 2.16 bits per heavy atom. The van der Waals surface area contributed by atoms with E-state index in [1.807, 2.05) is 32.2 Å². The van der Waals surface area contributed by atoms with Gasteiger partial charge in [0.25, 0.3) is 5.56 Å². The lowest BCUT2D eigenvalue weighted by atomic mass is 10.1. The van der Waals surface area contributed by atoms with Crippen LogP contribution in [0, 0.1) is 6.92 Å². The molecule has 0 aromatic carbocycles. The van der Waals surface area contributed by atoms with Gasteiger partial charge in [0.1, 0.15) is 5.65 Å². The van der Waals surface area contributed by atoms with E-state index in [4.69, 9.17) is 0 Å². The zero-order valence-corrected chi connectivity index (χ0v) is 15.4. The number of aromatic nitrogens is 2. The van der Waals surface area contributed by atoms with Gasteiger partial charge in [0.15, 0.2) is 0 Å². The summed E-state index contributed by atoms with van der Waals surface area (Å²) in [7, 11) is 0. The van der Waals surface area contributed by atoms with Gasteiger partial charge in [-0.3, -0.25) is 19.0 Å². The average molecular weight is 344 g/mol. The number of β-amino-alcohol motifs (C(OH)–C–C–N with tert-alkyl or cyclic N) is 1. The van der Waals surface area contributed by atoms with Crippen LogP contribution in [0.1, 0.15) is 31.5 Å². The van der Waals surface area contributed by atoms with E-state index in [2.05, 4.69) is 21.7 Å². The van der Waals surface area contributed by atoms with Crippen molar-refractivity contribution in [2.24, 2.45) is 0 Å². The second-order valence-electron chi connectivity index (χ2n) is 7.16. The van der Waals surface area contributed by atoms with Crippen molar-refractivity contribution in [1.29, 1.82) is 0 Å². The summed E-state index contributed by atoms with van der Waals surface area (Å²) in [5, 5.41) is 9.67. The molecule has 2 aromatic heterocycles. The van der Waals surface area contributed by atoms with Crippen LogP contribution in [-0.4, -0.2) is 62.6 Å². The van der Waals surface area contributed by atoms with Crippen LogP contribution >= 0.6 is 0 Å². The Hall–Kier alpha value is -1.76. The fourth-order valence-electron chi connectivity index (χ4n) is 3.64. The van der Waals surface area contributed by atoms with E-state index in [0.717, 1.165) is 43.9 Å². The van der Waals surface area contributed by atoms with Crippen molar-refractivity contribution in [2.75, 3.05) is 26.2 Å². The van der Waals surface area contributed by atoms with Crippen molar-refractivity contribution >= 4 is 5.65 Å². The van der Waals surface area contributed by atoms with Crippen LogP contribution in [0.25, 0.3) is 5.65 Å². The normalized spacial score (nSPS) is 20.9. The molecule has 2 aromatic rings. The monoisotopic (exact) mass is 344 g/mol. The molecule has 136 valence electrons. The van der Waals surface area contributed by atoms with Gasteiger partial charge in [0.05, 0.1) is 11.8 Å². The summed E-state index contributed by atoms with van der Waals surface area (Å²) in [6, 6.07) is 5.96. The molecule has 0 saturated carbocycles. The van der Waals surface area contributed by atoms with Gasteiger partial charge in [-0.2, -0.15) is 0 Å². The number of hydrogen-bond acceptors (Lipinski definition) is 5. The van der Waals surface area contributed by atoms with E-state index in [1.54, 1.807) is 10.5 Å². The van der Waals surface area contributed by atoms with Gasteiger partial charge in [-0.15, -0.1) is 0 Å². The number of rotatable bonds is 5. The molecule has 0 bridgehead atoms. The molecule has 1 aliphatic heterocycles. The van der Waals surface area contributed by atoms with Gasteiger partial charge >= 0.3 is 0 Å². The summed E-state index contributed by atoms with van der Waals surface area (Å²) < 4.78 is 1.61. The number of pyridine rings is 1. The first kappa shape index (κ1) is 18.0. The Labute approximate surface area is 148 Å². The van der Waals surface area contributed by atoms with Crippen molar-refractivity contribution in [1.82, 2.24) is 19.2 Å². The van der Waals surface area contributed by atoms with Gasteiger partial charge in [-0.1, -0.05) is 13.0 Å². The first-order valence-corrected chi connectivity index (χ1v) is 9.09. The molecular weight excluding hydrogens is 316 g/mol. The Bertz CT molecular complexity index is 787. The van der Waals surface area contributed by atoms with Crippen molar-refractivity contribution in [2.45, 2.75) is 45.9 Å². The quantitative estimate of drug-likeness (QED) is 0.885. The fourth-order valence-corrected chi connectivity index (χ4v) is 3.64. The molecule has 0 radical (unpaired) electrons. The Kier molecular flexibility index (Phi) is 5.51. The second-order valence-corrected chi connectivity index (χ2v) is 7.16. The molecule has 0 spiro atoms. The summed E-state index contributed by atoms with van der Waals surface area (Å²) in [5.74, 6) is 0. The zero-order valence-electron chi connectivity index (χ0n) is 15.4. The van der Waals surface area contributed by atoms with E-state index in [0.29, 0.717) is 18.2 Å².